The van der Waals surface area contributed by atoms with Crippen molar-refractivity contribution in [1.29, 1.82) is 0 Å². The second kappa shape index (κ2) is 8.09. The average Bonchev–Trinajstić information content (AvgIpc) is 2.49. The number of urea groups is 1. The van der Waals surface area contributed by atoms with Crippen molar-refractivity contribution < 1.29 is 9.53 Å². The van der Waals surface area contributed by atoms with Crippen LogP contribution in [0.5, 0.6) is 5.75 Å². The molecule has 0 unspecified atom stereocenters. The van der Waals surface area contributed by atoms with Crippen molar-refractivity contribution in [2.75, 3.05) is 18.5 Å². The third-order valence-corrected chi connectivity index (χ3v) is 3.89. The van der Waals surface area contributed by atoms with Gasteiger partial charge in [-0.1, -0.05) is 40.9 Å². The summed E-state index contributed by atoms with van der Waals surface area (Å²) < 4.78 is 5.65. The van der Waals surface area contributed by atoms with Crippen LogP contribution in [0.4, 0.5) is 10.5 Å². The minimum atomic E-state index is -0.326. The van der Waals surface area contributed by atoms with E-state index in [1.165, 1.54) is 5.56 Å². The molecule has 0 fully saturated rings. The number of aryl methyl sites for hydroxylation is 2. The van der Waals surface area contributed by atoms with E-state index in [-0.39, 0.29) is 6.03 Å². The molecule has 6 heteroatoms. The maximum absolute atomic E-state index is 11.8. The topological polar surface area (TPSA) is 50.4 Å². The molecule has 122 valence electrons. The summed E-state index contributed by atoms with van der Waals surface area (Å²) in [5.74, 6) is 0.822. The van der Waals surface area contributed by atoms with Crippen LogP contribution < -0.4 is 15.4 Å². The lowest BCUT2D eigenvalue weighted by Gasteiger charge is -2.11. The largest absolute Gasteiger partial charge is 0.491 e. The van der Waals surface area contributed by atoms with Crippen LogP contribution in [0.1, 0.15) is 11.1 Å². The summed E-state index contributed by atoms with van der Waals surface area (Å²) in [6.07, 6.45) is 0. The van der Waals surface area contributed by atoms with Crippen molar-refractivity contribution >= 4 is 34.9 Å². The van der Waals surface area contributed by atoms with E-state index in [0.29, 0.717) is 28.9 Å². The number of anilines is 1. The molecule has 0 atom stereocenters. The fourth-order valence-corrected chi connectivity index (χ4v) is 2.33. The van der Waals surface area contributed by atoms with Gasteiger partial charge in [0.15, 0.2) is 0 Å². The molecule has 2 rings (SSSR count). The Morgan fingerprint density at radius 2 is 1.87 bits per heavy atom. The molecule has 0 bridgehead atoms. The first-order valence-corrected chi connectivity index (χ1v) is 7.91. The van der Waals surface area contributed by atoms with Crippen molar-refractivity contribution in [3.63, 3.8) is 0 Å². The molecule has 0 radical (unpaired) electrons. The summed E-state index contributed by atoms with van der Waals surface area (Å²) in [6.45, 7) is 4.80. The van der Waals surface area contributed by atoms with Crippen molar-refractivity contribution in [2.24, 2.45) is 0 Å². The third-order valence-electron chi connectivity index (χ3n) is 3.15. The van der Waals surface area contributed by atoms with Gasteiger partial charge in [-0.3, -0.25) is 0 Å². The van der Waals surface area contributed by atoms with E-state index in [1.807, 2.05) is 26.0 Å². The second-order valence-electron chi connectivity index (χ2n) is 5.13. The Labute approximate surface area is 145 Å². The second-order valence-corrected chi connectivity index (χ2v) is 5.94. The van der Waals surface area contributed by atoms with Gasteiger partial charge in [0.25, 0.3) is 0 Å². The van der Waals surface area contributed by atoms with Gasteiger partial charge in [0.05, 0.1) is 16.6 Å². The van der Waals surface area contributed by atoms with Crippen LogP contribution in [0, 0.1) is 13.8 Å². The highest BCUT2D eigenvalue weighted by Gasteiger charge is 2.04. The van der Waals surface area contributed by atoms with Gasteiger partial charge >= 0.3 is 6.03 Å². The zero-order valence-electron chi connectivity index (χ0n) is 13.0. The van der Waals surface area contributed by atoms with Gasteiger partial charge in [0, 0.05) is 5.69 Å². The standard InChI is InChI=1S/C17H18Cl2N2O2/c1-11-3-6-16(12(2)9-11)23-8-7-20-17(22)21-13-4-5-14(18)15(19)10-13/h3-6,9-10H,7-8H2,1-2H3,(H2,20,21,22). The van der Waals surface area contributed by atoms with E-state index in [0.717, 1.165) is 11.3 Å². The van der Waals surface area contributed by atoms with E-state index in [9.17, 15) is 4.79 Å². The molecule has 4 nitrogen and oxygen atoms in total. The van der Waals surface area contributed by atoms with E-state index < -0.39 is 0 Å². The summed E-state index contributed by atoms with van der Waals surface area (Å²) in [5, 5.41) is 6.23. The quantitative estimate of drug-likeness (QED) is 0.758. The molecule has 0 saturated carbocycles. The van der Waals surface area contributed by atoms with Crippen LogP contribution in [0.3, 0.4) is 0 Å². The van der Waals surface area contributed by atoms with Crippen LogP contribution in [0.15, 0.2) is 36.4 Å². The molecular formula is C17H18Cl2N2O2. The van der Waals surface area contributed by atoms with Gasteiger partial charge in [-0.05, 0) is 43.7 Å². The molecule has 0 aliphatic heterocycles. The number of carbonyl (C=O) groups excluding carboxylic acids is 1. The number of rotatable bonds is 5. The number of nitrogens with one attached hydrogen (secondary N) is 2. The number of hydrogen-bond acceptors (Lipinski definition) is 2. The highest BCUT2D eigenvalue weighted by Crippen LogP contribution is 2.24. The first-order valence-electron chi connectivity index (χ1n) is 7.15. The third kappa shape index (κ3) is 5.34. The van der Waals surface area contributed by atoms with Crippen molar-refractivity contribution in [2.45, 2.75) is 13.8 Å². The van der Waals surface area contributed by atoms with Gasteiger partial charge in [0.2, 0.25) is 0 Å². The van der Waals surface area contributed by atoms with Crippen LogP contribution in [-0.4, -0.2) is 19.2 Å². The number of hydrogen-bond donors (Lipinski definition) is 2. The molecule has 2 aromatic rings. The molecule has 0 saturated heterocycles. The fourth-order valence-electron chi connectivity index (χ4n) is 2.04. The van der Waals surface area contributed by atoms with Gasteiger partial charge in [-0.25, -0.2) is 4.79 Å². The number of benzene rings is 2. The molecule has 0 aliphatic rings. The van der Waals surface area contributed by atoms with Crippen LogP contribution >= 0.6 is 23.2 Å². The van der Waals surface area contributed by atoms with Crippen LogP contribution in [0.25, 0.3) is 0 Å². The van der Waals surface area contributed by atoms with E-state index in [4.69, 9.17) is 27.9 Å². The predicted molar refractivity (Wildman–Crippen MR) is 94.9 cm³/mol. The Bertz CT molecular complexity index is 705. The maximum Gasteiger partial charge on any atom is 0.319 e. The van der Waals surface area contributed by atoms with E-state index in [2.05, 4.69) is 16.7 Å². The Hall–Kier alpha value is -1.91. The zero-order chi connectivity index (χ0) is 16.8. The highest BCUT2D eigenvalue weighted by molar-refractivity contribution is 6.42. The number of carbonyl (C=O) groups is 1. The van der Waals surface area contributed by atoms with Gasteiger partial charge in [-0.15, -0.1) is 0 Å². The van der Waals surface area contributed by atoms with Crippen molar-refractivity contribution in [3.8, 4) is 5.75 Å². The Kier molecular flexibility index (Phi) is 6.13. The van der Waals surface area contributed by atoms with Crippen LogP contribution in [0.2, 0.25) is 10.0 Å². The molecule has 23 heavy (non-hydrogen) atoms. The lowest BCUT2D eigenvalue weighted by atomic mass is 10.1. The van der Waals surface area contributed by atoms with Crippen molar-refractivity contribution in [1.82, 2.24) is 5.32 Å². The average molecular weight is 353 g/mol. The summed E-state index contributed by atoms with van der Waals surface area (Å²) in [5.41, 5.74) is 2.84. The molecule has 0 aliphatic carbocycles. The number of halogens is 2. The number of ether oxygens (including phenoxy) is 1. The molecule has 0 spiro atoms. The molecule has 2 aromatic carbocycles. The molecule has 2 N–H and O–H groups in total. The Balaban J connectivity index is 1.75. The maximum atomic E-state index is 11.8. The number of amides is 2. The fraction of sp³-hybridized carbons (Fsp3) is 0.235. The predicted octanol–water partition coefficient (Wildman–Crippen LogP) is 4.81. The van der Waals surface area contributed by atoms with Crippen molar-refractivity contribution in [3.05, 3.63) is 57.6 Å². The lowest BCUT2D eigenvalue weighted by Crippen LogP contribution is -2.32. The molecular weight excluding hydrogens is 335 g/mol. The smallest absolute Gasteiger partial charge is 0.319 e. The monoisotopic (exact) mass is 352 g/mol. The summed E-state index contributed by atoms with van der Waals surface area (Å²) in [4.78, 5) is 11.8. The van der Waals surface area contributed by atoms with Gasteiger partial charge in [0.1, 0.15) is 12.4 Å². The minimum absolute atomic E-state index is 0.326. The van der Waals surface area contributed by atoms with E-state index in [1.54, 1.807) is 18.2 Å². The molecule has 2 amide bonds. The summed E-state index contributed by atoms with van der Waals surface area (Å²) in [7, 11) is 0. The summed E-state index contributed by atoms with van der Waals surface area (Å²) in [6, 6.07) is 10.6. The Morgan fingerprint density at radius 1 is 1.09 bits per heavy atom. The zero-order valence-corrected chi connectivity index (χ0v) is 14.5. The van der Waals surface area contributed by atoms with Gasteiger partial charge in [-0.2, -0.15) is 0 Å². The normalized spacial score (nSPS) is 10.3. The molecule has 0 aromatic heterocycles. The first-order chi connectivity index (χ1) is 11.0. The minimum Gasteiger partial charge on any atom is -0.491 e. The van der Waals surface area contributed by atoms with E-state index >= 15 is 0 Å². The molecule has 0 heterocycles. The SMILES string of the molecule is Cc1ccc(OCCNC(=O)Nc2ccc(Cl)c(Cl)c2)c(C)c1. The highest BCUT2D eigenvalue weighted by atomic mass is 35.5. The summed E-state index contributed by atoms with van der Waals surface area (Å²) >= 11 is 11.7. The lowest BCUT2D eigenvalue weighted by molar-refractivity contribution is 0.247. The Morgan fingerprint density at radius 3 is 2.57 bits per heavy atom. The first kappa shape index (κ1) is 17.4. The van der Waals surface area contributed by atoms with Crippen LogP contribution in [-0.2, 0) is 0 Å². The van der Waals surface area contributed by atoms with Gasteiger partial charge < -0.3 is 15.4 Å².